The maximum atomic E-state index is 12.3. The summed E-state index contributed by atoms with van der Waals surface area (Å²) in [7, 11) is 1.71. The van der Waals surface area contributed by atoms with Gasteiger partial charge in [-0.05, 0) is 44.8 Å². The zero-order valence-corrected chi connectivity index (χ0v) is 14.5. The van der Waals surface area contributed by atoms with Crippen molar-refractivity contribution < 1.29 is 14.3 Å². The van der Waals surface area contributed by atoms with Crippen LogP contribution in [-0.4, -0.2) is 50.3 Å². The second-order valence-corrected chi connectivity index (χ2v) is 6.74. The molecule has 2 heterocycles. The number of hydrogen-bond acceptors (Lipinski definition) is 4. The number of nitrogens with one attached hydrogen (secondary N) is 1. The first-order chi connectivity index (χ1) is 11.8. The number of para-hydroxylation sites is 1. The SMILES string of the molecule is COc1ccccc1CN1CCC(C(=O)NCC2CCCO2)CC1. The Morgan fingerprint density at radius 3 is 2.79 bits per heavy atom. The van der Waals surface area contributed by atoms with Crippen molar-refractivity contribution in [1.82, 2.24) is 10.2 Å². The summed E-state index contributed by atoms with van der Waals surface area (Å²) in [4.78, 5) is 14.7. The molecule has 2 fully saturated rings. The van der Waals surface area contributed by atoms with Gasteiger partial charge in [-0.2, -0.15) is 0 Å². The van der Waals surface area contributed by atoms with E-state index in [2.05, 4.69) is 16.3 Å². The monoisotopic (exact) mass is 332 g/mol. The van der Waals surface area contributed by atoms with E-state index >= 15 is 0 Å². The van der Waals surface area contributed by atoms with Crippen molar-refractivity contribution in [2.75, 3.05) is 33.4 Å². The number of carbonyl (C=O) groups excluding carboxylic acids is 1. The van der Waals surface area contributed by atoms with Crippen LogP contribution < -0.4 is 10.1 Å². The summed E-state index contributed by atoms with van der Waals surface area (Å²) in [5.74, 6) is 1.27. The van der Waals surface area contributed by atoms with Crippen LogP contribution in [0.4, 0.5) is 0 Å². The fraction of sp³-hybridized carbons (Fsp3) is 0.632. The Kier molecular flexibility index (Phi) is 6.10. The van der Waals surface area contributed by atoms with Crippen LogP contribution in [0, 0.1) is 5.92 Å². The molecule has 0 bridgehead atoms. The average molecular weight is 332 g/mol. The van der Waals surface area contributed by atoms with Gasteiger partial charge in [-0.15, -0.1) is 0 Å². The van der Waals surface area contributed by atoms with Crippen molar-refractivity contribution >= 4 is 5.91 Å². The third-order valence-corrected chi connectivity index (χ3v) is 5.07. The molecule has 1 unspecified atom stereocenters. The molecule has 1 atom stereocenters. The fourth-order valence-electron chi connectivity index (χ4n) is 3.59. The van der Waals surface area contributed by atoms with Crippen LogP contribution >= 0.6 is 0 Å². The van der Waals surface area contributed by atoms with Gasteiger partial charge >= 0.3 is 0 Å². The van der Waals surface area contributed by atoms with Crippen LogP contribution in [0.25, 0.3) is 0 Å². The highest BCUT2D eigenvalue weighted by Gasteiger charge is 2.26. The van der Waals surface area contributed by atoms with Crippen LogP contribution in [0.2, 0.25) is 0 Å². The Balaban J connectivity index is 1.42. The molecule has 3 rings (SSSR count). The molecule has 0 aliphatic carbocycles. The van der Waals surface area contributed by atoms with Crippen molar-refractivity contribution in [2.45, 2.75) is 38.3 Å². The molecular weight excluding hydrogens is 304 g/mol. The van der Waals surface area contributed by atoms with Crippen molar-refractivity contribution in [3.05, 3.63) is 29.8 Å². The van der Waals surface area contributed by atoms with Crippen LogP contribution in [0.5, 0.6) is 5.75 Å². The molecule has 5 nitrogen and oxygen atoms in total. The number of benzene rings is 1. The van der Waals surface area contributed by atoms with Gasteiger partial charge in [-0.25, -0.2) is 0 Å². The molecule has 2 aliphatic heterocycles. The van der Waals surface area contributed by atoms with Gasteiger partial charge in [0.25, 0.3) is 0 Å². The number of likely N-dealkylation sites (tertiary alicyclic amines) is 1. The molecule has 2 aliphatic rings. The molecule has 1 amide bonds. The predicted octanol–water partition coefficient (Wildman–Crippen LogP) is 2.20. The van der Waals surface area contributed by atoms with E-state index in [1.807, 2.05) is 18.2 Å². The number of ether oxygens (including phenoxy) is 2. The number of hydrogen-bond donors (Lipinski definition) is 1. The molecule has 0 radical (unpaired) electrons. The average Bonchev–Trinajstić information content (AvgIpc) is 3.14. The van der Waals surface area contributed by atoms with E-state index in [0.717, 1.165) is 57.7 Å². The highest BCUT2D eigenvalue weighted by atomic mass is 16.5. The number of piperidine rings is 1. The van der Waals surface area contributed by atoms with E-state index in [1.165, 1.54) is 5.56 Å². The molecule has 24 heavy (non-hydrogen) atoms. The minimum absolute atomic E-state index is 0.139. The summed E-state index contributed by atoms with van der Waals surface area (Å²) in [6.07, 6.45) is 4.25. The van der Waals surface area contributed by atoms with Gasteiger partial charge in [-0.1, -0.05) is 18.2 Å². The minimum atomic E-state index is 0.139. The van der Waals surface area contributed by atoms with Crippen LogP contribution in [-0.2, 0) is 16.1 Å². The number of nitrogens with zero attached hydrogens (tertiary/aromatic N) is 1. The first-order valence-corrected chi connectivity index (χ1v) is 9.00. The lowest BCUT2D eigenvalue weighted by Crippen LogP contribution is -2.42. The van der Waals surface area contributed by atoms with E-state index in [-0.39, 0.29) is 17.9 Å². The molecule has 132 valence electrons. The van der Waals surface area contributed by atoms with Crippen molar-refractivity contribution in [3.63, 3.8) is 0 Å². The minimum Gasteiger partial charge on any atom is -0.496 e. The van der Waals surface area contributed by atoms with E-state index in [1.54, 1.807) is 7.11 Å². The molecule has 0 saturated carbocycles. The Morgan fingerprint density at radius 2 is 2.08 bits per heavy atom. The maximum Gasteiger partial charge on any atom is 0.223 e. The zero-order chi connectivity index (χ0) is 16.8. The van der Waals surface area contributed by atoms with Gasteiger partial charge in [0.05, 0.1) is 13.2 Å². The lowest BCUT2D eigenvalue weighted by Gasteiger charge is -2.31. The molecule has 1 N–H and O–H groups in total. The van der Waals surface area contributed by atoms with Gasteiger partial charge in [0.15, 0.2) is 0 Å². The summed E-state index contributed by atoms with van der Waals surface area (Å²) in [6, 6.07) is 8.15. The molecule has 0 aromatic heterocycles. The van der Waals surface area contributed by atoms with Crippen LogP contribution in [0.1, 0.15) is 31.2 Å². The predicted molar refractivity (Wildman–Crippen MR) is 93.0 cm³/mol. The van der Waals surface area contributed by atoms with E-state index < -0.39 is 0 Å². The summed E-state index contributed by atoms with van der Waals surface area (Å²) in [6.45, 7) is 4.29. The summed E-state index contributed by atoms with van der Waals surface area (Å²) < 4.78 is 11.0. The second kappa shape index (κ2) is 8.49. The highest BCUT2D eigenvalue weighted by molar-refractivity contribution is 5.78. The Hall–Kier alpha value is -1.59. The normalized spacial score (nSPS) is 22.5. The topological polar surface area (TPSA) is 50.8 Å². The molecule has 1 aromatic rings. The summed E-state index contributed by atoms with van der Waals surface area (Å²) in [5, 5.41) is 3.07. The highest BCUT2D eigenvalue weighted by Crippen LogP contribution is 2.23. The van der Waals surface area contributed by atoms with E-state index in [4.69, 9.17) is 9.47 Å². The van der Waals surface area contributed by atoms with Crippen molar-refractivity contribution in [2.24, 2.45) is 5.92 Å². The largest absolute Gasteiger partial charge is 0.496 e. The third kappa shape index (κ3) is 4.48. The Labute approximate surface area is 144 Å². The molecular formula is C19H28N2O3. The number of carbonyl (C=O) groups is 1. The Bertz CT molecular complexity index is 535. The number of methoxy groups -OCH3 is 1. The van der Waals surface area contributed by atoms with Crippen molar-refractivity contribution in [1.29, 1.82) is 0 Å². The van der Waals surface area contributed by atoms with Gasteiger partial charge in [-0.3, -0.25) is 9.69 Å². The van der Waals surface area contributed by atoms with Crippen molar-refractivity contribution in [3.8, 4) is 5.75 Å². The molecule has 1 aromatic carbocycles. The first-order valence-electron chi connectivity index (χ1n) is 9.00. The van der Waals surface area contributed by atoms with Crippen LogP contribution in [0.15, 0.2) is 24.3 Å². The lowest BCUT2D eigenvalue weighted by atomic mass is 9.95. The zero-order valence-electron chi connectivity index (χ0n) is 14.5. The molecule has 2 saturated heterocycles. The number of rotatable bonds is 6. The smallest absolute Gasteiger partial charge is 0.223 e. The third-order valence-electron chi connectivity index (χ3n) is 5.07. The number of amides is 1. The summed E-state index contributed by atoms with van der Waals surface area (Å²) in [5.41, 5.74) is 1.21. The fourth-order valence-corrected chi connectivity index (χ4v) is 3.59. The van der Waals surface area contributed by atoms with Gasteiger partial charge in [0.1, 0.15) is 5.75 Å². The maximum absolute atomic E-state index is 12.3. The van der Waals surface area contributed by atoms with Gasteiger partial charge in [0, 0.05) is 31.2 Å². The Morgan fingerprint density at radius 1 is 1.29 bits per heavy atom. The standard InChI is InChI=1S/C19H28N2O3/c1-23-18-7-3-2-5-16(18)14-21-10-8-15(9-11-21)19(22)20-13-17-6-4-12-24-17/h2-3,5,7,15,17H,4,6,8-14H2,1H3,(H,20,22). The lowest BCUT2D eigenvalue weighted by molar-refractivity contribution is -0.127. The van der Waals surface area contributed by atoms with Gasteiger partial charge in [0.2, 0.25) is 5.91 Å². The van der Waals surface area contributed by atoms with Gasteiger partial charge < -0.3 is 14.8 Å². The first kappa shape index (κ1) is 17.2. The molecule has 0 spiro atoms. The quantitative estimate of drug-likeness (QED) is 0.868. The van der Waals surface area contributed by atoms with E-state index in [0.29, 0.717) is 6.54 Å². The molecule has 5 heteroatoms. The second-order valence-electron chi connectivity index (χ2n) is 6.74. The van der Waals surface area contributed by atoms with E-state index in [9.17, 15) is 4.79 Å². The van der Waals surface area contributed by atoms with Crippen LogP contribution in [0.3, 0.4) is 0 Å². The summed E-state index contributed by atoms with van der Waals surface area (Å²) >= 11 is 0.